The number of nitrogens with zero attached hydrogens (tertiary/aromatic N) is 6. The van der Waals surface area contributed by atoms with E-state index in [1.165, 1.54) is 12.1 Å². The Balaban J connectivity index is 1.25. The average Bonchev–Trinajstić information content (AvgIpc) is 4.15. The topological polar surface area (TPSA) is 56.4 Å². The minimum absolute atomic E-state index is 0.000467. The molecule has 0 atom stereocenters. The molecule has 10 aromatic carbocycles. The standard InChI is InChI=1S/C64H34F6N6/c65-63(66,67)40-25-27-46-42-17-5-9-21-51(42)74(57(46)33-40)60-50(35-71)59(73-52-22-10-7-19-44(52)48-29-36-13-1-3-15-38(36)31-55(48)73)61(75-54-24-12-8-20-45(54)49-30-37-14-2-4-16-39(37)32-56(49)75)72-62(60)76-53-23-11-6-18-43(53)47-28-26-41(34-58(47)76)64(68,69)70/h1-34H. The van der Waals surface area contributed by atoms with E-state index in [2.05, 4.69) is 30.3 Å². The van der Waals surface area contributed by atoms with E-state index >= 15 is 26.3 Å². The molecule has 15 aromatic rings. The van der Waals surface area contributed by atoms with Gasteiger partial charge >= 0.3 is 12.4 Å². The molecule has 0 fully saturated rings. The molecule has 362 valence electrons. The first kappa shape index (κ1) is 43.7. The van der Waals surface area contributed by atoms with Crippen molar-refractivity contribution in [1.29, 1.82) is 5.26 Å². The van der Waals surface area contributed by atoms with E-state index in [0.717, 1.165) is 83.9 Å². The Morgan fingerprint density at radius 2 is 0.618 bits per heavy atom. The summed E-state index contributed by atoms with van der Waals surface area (Å²) >= 11 is 0. The highest BCUT2D eigenvalue weighted by Crippen LogP contribution is 2.47. The lowest BCUT2D eigenvalue weighted by molar-refractivity contribution is -0.138. The fourth-order valence-electron chi connectivity index (χ4n) is 11.9. The molecule has 0 N–H and O–H groups in total. The predicted octanol–water partition coefficient (Wildman–Crippen LogP) is 17.7. The highest BCUT2D eigenvalue weighted by molar-refractivity contribution is 6.17. The summed E-state index contributed by atoms with van der Waals surface area (Å²) < 4.78 is 97.7. The Bertz CT molecular complexity index is 5060. The fraction of sp³-hybridized carbons (Fsp3) is 0.0312. The maximum Gasteiger partial charge on any atom is 0.416 e. The number of halogens is 6. The minimum Gasteiger partial charge on any atom is -0.305 e. The fourth-order valence-corrected chi connectivity index (χ4v) is 11.9. The first-order valence-corrected chi connectivity index (χ1v) is 24.5. The SMILES string of the molecule is N#Cc1c(-n2c3ccccc3c3ccc(C(F)(F)F)cc32)c(-n2c3ccccc3c3ccc(C(F)(F)F)cc32)nc(-n2c3ccccc3c3cc4ccccc4cc32)c1-n1c2ccccc2c2cc3ccccc3cc21. The Morgan fingerprint density at radius 3 is 1.01 bits per heavy atom. The lowest BCUT2D eigenvalue weighted by atomic mass is 10.1. The van der Waals surface area contributed by atoms with Crippen molar-refractivity contribution in [3.05, 3.63) is 223 Å². The molecular weight excluding hydrogens is 967 g/mol. The van der Waals surface area contributed by atoms with E-state index in [0.29, 0.717) is 43.8 Å². The van der Waals surface area contributed by atoms with E-state index in [1.807, 2.05) is 118 Å². The maximum atomic E-state index is 15.1. The number of rotatable bonds is 4. The van der Waals surface area contributed by atoms with Gasteiger partial charge in [-0.15, -0.1) is 0 Å². The molecule has 0 aliphatic rings. The Morgan fingerprint density at radius 1 is 0.316 bits per heavy atom. The molecule has 0 aliphatic heterocycles. The zero-order valence-corrected chi connectivity index (χ0v) is 39.6. The summed E-state index contributed by atoms with van der Waals surface area (Å²) in [5.41, 5.74) is 2.56. The Kier molecular flexibility index (Phi) is 8.96. The predicted molar refractivity (Wildman–Crippen MR) is 291 cm³/mol. The lowest BCUT2D eigenvalue weighted by Crippen LogP contribution is -2.16. The third-order valence-corrected chi connectivity index (χ3v) is 15.2. The van der Waals surface area contributed by atoms with Crippen LogP contribution in [0.4, 0.5) is 26.3 Å². The third-order valence-electron chi connectivity index (χ3n) is 15.2. The number of aromatic nitrogens is 5. The number of hydrogen-bond acceptors (Lipinski definition) is 2. The van der Waals surface area contributed by atoms with Crippen LogP contribution in [0.2, 0.25) is 0 Å². The highest BCUT2D eigenvalue weighted by Gasteiger charge is 2.36. The van der Waals surface area contributed by atoms with Crippen LogP contribution < -0.4 is 0 Å². The van der Waals surface area contributed by atoms with E-state index < -0.39 is 23.5 Å². The zero-order chi connectivity index (χ0) is 51.4. The second-order valence-corrected chi connectivity index (χ2v) is 19.2. The van der Waals surface area contributed by atoms with Crippen molar-refractivity contribution in [1.82, 2.24) is 23.3 Å². The number of para-hydroxylation sites is 4. The number of benzene rings is 10. The molecule has 0 unspecified atom stereocenters. The summed E-state index contributed by atoms with van der Waals surface area (Å²) in [6.45, 7) is 0. The monoisotopic (exact) mass is 1000 g/mol. The molecule has 0 radical (unpaired) electrons. The van der Waals surface area contributed by atoms with Crippen molar-refractivity contribution in [3.63, 3.8) is 0 Å². The van der Waals surface area contributed by atoms with Crippen LogP contribution in [0, 0.1) is 11.3 Å². The molecule has 0 saturated heterocycles. The molecule has 5 heterocycles. The summed E-state index contributed by atoms with van der Waals surface area (Å²) in [7, 11) is 0. The molecular formula is C64H34F6N6. The summed E-state index contributed by atoms with van der Waals surface area (Å²) in [5.74, 6) is 0.265. The maximum absolute atomic E-state index is 15.1. The lowest BCUT2D eigenvalue weighted by Gasteiger charge is -2.24. The van der Waals surface area contributed by atoms with Gasteiger partial charge in [-0.05, 0) is 94.3 Å². The van der Waals surface area contributed by atoms with Gasteiger partial charge in [-0.1, -0.05) is 133 Å². The van der Waals surface area contributed by atoms with Gasteiger partial charge in [0.1, 0.15) is 23.0 Å². The minimum atomic E-state index is -4.77. The Labute approximate surface area is 426 Å². The molecule has 15 rings (SSSR count). The number of pyridine rings is 1. The normalized spacial score (nSPS) is 12.6. The second-order valence-electron chi connectivity index (χ2n) is 19.2. The van der Waals surface area contributed by atoms with Crippen LogP contribution in [0.25, 0.3) is 132 Å². The number of hydrogen-bond donors (Lipinski definition) is 0. The summed E-state index contributed by atoms with van der Waals surface area (Å²) in [5, 5.41) is 21.9. The third kappa shape index (κ3) is 6.14. The van der Waals surface area contributed by atoms with E-state index in [9.17, 15) is 5.26 Å². The molecule has 0 aliphatic carbocycles. The van der Waals surface area contributed by atoms with Crippen molar-refractivity contribution in [2.75, 3.05) is 0 Å². The first-order chi connectivity index (χ1) is 36.9. The van der Waals surface area contributed by atoms with Gasteiger partial charge < -0.3 is 9.13 Å². The van der Waals surface area contributed by atoms with Gasteiger partial charge in [0.15, 0.2) is 11.6 Å². The Hall–Kier alpha value is -9.86. The first-order valence-electron chi connectivity index (χ1n) is 24.5. The van der Waals surface area contributed by atoms with Gasteiger partial charge in [0.2, 0.25) is 0 Å². The van der Waals surface area contributed by atoms with Crippen LogP contribution >= 0.6 is 0 Å². The van der Waals surface area contributed by atoms with Crippen molar-refractivity contribution in [3.8, 4) is 29.1 Å². The van der Waals surface area contributed by atoms with Crippen LogP contribution in [0.3, 0.4) is 0 Å². The summed E-state index contributed by atoms with van der Waals surface area (Å²) in [6, 6.07) is 64.2. The van der Waals surface area contributed by atoms with Crippen molar-refractivity contribution in [2.24, 2.45) is 0 Å². The summed E-state index contributed by atoms with van der Waals surface area (Å²) in [6.07, 6.45) is -9.53. The van der Waals surface area contributed by atoms with E-state index in [-0.39, 0.29) is 33.9 Å². The largest absolute Gasteiger partial charge is 0.416 e. The molecule has 76 heavy (non-hydrogen) atoms. The zero-order valence-electron chi connectivity index (χ0n) is 39.6. The average molecular weight is 1000 g/mol. The summed E-state index contributed by atoms with van der Waals surface area (Å²) in [4.78, 5) is 5.84. The number of fused-ring (bicyclic) bond motifs is 14. The van der Waals surface area contributed by atoms with Crippen LogP contribution in [0.15, 0.2) is 206 Å². The van der Waals surface area contributed by atoms with Crippen molar-refractivity contribution >= 4 is 109 Å². The van der Waals surface area contributed by atoms with Gasteiger partial charge in [-0.3, -0.25) is 9.13 Å². The van der Waals surface area contributed by atoms with Crippen LogP contribution in [0.1, 0.15) is 16.7 Å². The molecule has 0 amide bonds. The molecule has 0 bridgehead atoms. The second kappa shape index (κ2) is 15.6. The number of alkyl halides is 6. The molecule has 0 spiro atoms. The quantitative estimate of drug-likeness (QED) is 0.165. The van der Waals surface area contributed by atoms with E-state index in [4.69, 9.17) is 4.98 Å². The van der Waals surface area contributed by atoms with Gasteiger partial charge in [0.05, 0.1) is 55.3 Å². The smallest absolute Gasteiger partial charge is 0.305 e. The molecule has 12 heteroatoms. The molecule has 0 saturated carbocycles. The van der Waals surface area contributed by atoms with Gasteiger partial charge in [0, 0.05) is 43.1 Å². The van der Waals surface area contributed by atoms with Crippen LogP contribution in [-0.4, -0.2) is 23.3 Å². The van der Waals surface area contributed by atoms with Crippen molar-refractivity contribution < 1.29 is 26.3 Å². The van der Waals surface area contributed by atoms with Crippen LogP contribution in [-0.2, 0) is 12.4 Å². The van der Waals surface area contributed by atoms with Crippen molar-refractivity contribution in [2.45, 2.75) is 12.4 Å². The van der Waals surface area contributed by atoms with Crippen LogP contribution in [0.5, 0.6) is 0 Å². The van der Waals surface area contributed by atoms with Gasteiger partial charge in [0.25, 0.3) is 0 Å². The van der Waals surface area contributed by atoms with Gasteiger partial charge in [-0.2, -0.15) is 31.6 Å². The van der Waals surface area contributed by atoms with E-state index in [1.54, 1.807) is 45.5 Å². The molecule has 5 aromatic heterocycles. The number of nitriles is 1. The van der Waals surface area contributed by atoms with Gasteiger partial charge in [-0.25, -0.2) is 4.98 Å². The molecule has 6 nitrogen and oxygen atoms in total. The highest BCUT2D eigenvalue weighted by atomic mass is 19.4.